The van der Waals surface area contributed by atoms with E-state index in [0.717, 1.165) is 32.5 Å². The first-order valence-corrected chi connectivity index (χ1v) is 7.39. The monoisotopic (exact) mass is 278 g/mol. The highest BCUT2D eigenvalue weighted by molar-refractivity contribution is 5.42. The van der Waals surface area contributed by atoms with Crippen LogP contribution in [-0.2, 0) is 0 Å². The van der Waals surface area contributed by atoms with Gasteiger partial charge in [-0.15, -0.1) is 0 Å². The largest absolute Gasteiger partial charge is 0.393 e. The van der Waals surface area contributed by atoms with E-state index < -0.39 is 0 Å². The number of rotatable bonds is 4. The Morgan fingerprint density at radius 2 is 1.90 bits per heavy atom. The molecule has 0 unspecified atom stereocenters. The Kier molecular flexibility index (Phi) is 3.86. The number of nitrogens with zero attached hydrogens (tertiary/aromatic N) is 4. The third-order valence-corrected chi connectivity index (χ3v) is 4.04. The summed E-state index contributed by atoms with van der Waals surface area (Å²) in [6.45, 7) is 2.75. The molecule has 1 aliphatic heterocycles. The number of nitrogens with two attached hydrogens (primary N) is 1. The molecule has 3 rings (SSSR count). The quantitative estimate of drug-likeness (QED) is 0.742. The lowest BCUT2D eigenvalue weighted by Crippen LogP contribution is -2.34. The maximum Gasteiger partial charge on any atom is 0.231 e. The van der Waals surface area contributed by atoms with Gasteiger partial charge in [0.15, 0.2) is 0 Å². The first kappa shape index (κ1) is 13.4. The van der Waals surface area contributed by atoms with Crippen molar-refractivity contribution < 1.29 is 5.11 Å². The predicted octanol–water partition coefficient (Wildman–Crippen LogP) is 0.627. The molecule has 2 heterocycles. The average Bonchev–Trinajstić information content (AvgIpc) is 2.43. The second-order valence-electron chi connectivity index (χ2n) is 5.74. The van der Waals surface area contributed by atoms with Gasteiger partial charge in [-0.2, -0.15) is 15.0 Å². The molecule has 0 radical (unpaired) electrons. The minimum absolute atomic E-state index is 0.130. The maximum absolute atomic E-state index is 9.28. The van der Waals surface area contributed by atoms with Crippen LogP contribution in [0, 0.1) is 5.92 Å². The normalized spacial score (nSPS) is 26.1. The summed E-state index contributed by atoms with van der Waals surface area (Å²) in [6, 6.07) is 0. The zero-order valence-corrected chi connectivity index (χ0v) is 11.6. The Labute approximate surface area is 118 Å². The van der Waals surface area contributed by atoms with Crippen molar-refractivity contribution in [2.75, 3.05) is 35.6 Å². The SMILES string of the molecule is Nc1nc(NCC2CC(O)C2)nc(N2CCCCC2)n1. The summed E-state index contributed by atoms with van der Waals surface area (Å²) in [7, 11) is 0. The zero-order valence-electron chi connectivity index (χ0n) is 11.6. The molecule has 1 aromatic heterocycles. The fourth-order valence-corrected chi connectivity index (χ4v) is 2.80. The van der Waals surface area contributed by atoms with Gasteiger partial charge in [-0.3, -0.25) is 0 Å². The van der Waals surface area contributed by atoms with Crippen molar-refractivity contribution in [3.05, 3.63) is 0 Å². The molecule has 20 heavy (non-hydrogen) atoms. The lowest BCUT2D eigenvalue weighted by atomic mass is 9.82. The van der Waals surface area contributed by atoms with Crippen LogP contribution in [0.25, 0.3) is 0 Å². The number of aliphatic hydroxyl groups is 1. The van der Waals surface area contributed by atoms with Gasteiger partial charge in [0.25, 0.3) is 0 Å². The molecule has 7 heteroatoms. The molecule has 1 aromatic rings. The molecule has 2 aliphatic rings. The van der Waals surface area contributed by atoms with Gasteiger partial charge in [-0.1, -0.05) is 0 Å². The summed E-state index contributed by atoms with van der Waals surface area (Å²) in [5, 5.41) is 12.5. The van der Waals surface area contributed by atoms with Gasteiger partial charge in [0.05, 0.1) is 6.10 Å². The first-order chi connectivity index (χ1) is 9.70. The van der Waals surface area contributed by atoms with Crippen LogP contribution < -0.4 is 16.0 Å². The van der Waals surface area contributed by atoms with Crippen LogP contribution in [0.15, 0.2) is 0 Å². The van der Waals surface area contributed by atoms with E-state index in [1.807, 2.05) is 0 Å². The zero-order chi connectivity index (χ0) is 13.9. The van der Waals surface area contributed by atoms with Crippen LogP contribution in [-0.4, -0.2) is 45.8 Å². The predicted molar refractivity (Wildman–Crippen MR) is 77.5 cm³/mol. The van der Waals surface area contributed by atoms with E-state index in [9.17, 15) is 5.11 Å². The van der Waals surface area contributed by atoms with Gasteiger partial charge in [0, 0.05) is 19.6 Å². The Hall–Kier alpha value is -1.63. The molecule has 110 valence electrons. The summed E-state index contributed by atoms with van der Waals surface area (Å²) in [6.07, 6.45) is 5.20. The van der Waals surface area contributed by atoms with Gasteiger partial charge in [0.1, 0.15) is 0 Å². The number of hydrogen-bond donors (Lipinski definition) is 3. The number of hydrogen-bond acceptors (Lipinski definition) is 7. The van der Waals surface area contributed by atoms with E-state index in [2.05, 4.69) is 25.2 Å². The average molecular weight is 278 g/mol. The van der Waals surface area contributed by atoms with Crippen molar-refractivity contribution in [1.82, 2.24) is 15.0 Å². The van der Waals surface area contributed by atoms with Crippen LogP contribution in [0.2, 0.25) is 0 Å². The molecule has 1 saturated heterocycles. The molecular formula is C13H22N6O. The fraction of sp³-hybridized carbons (Fsp3) is 0.769. The highest BCUT2D eigenvalue weighted by Gasteiger charge is 2.27. The van der Waals surface area contributed by atoms with E-state index >= 15 is 0 Å². The number of piperidine rings is 1. The Bertz CT molecular complexity index is 456. The molecule has 4 N–H and O–H groups in total. The molecule has 0 bridgehead atoms. The summed E-state index contributed by atoms with van der Waals surface area (Å²) < 4.78 is 0. The van der Waals surface area contributed by atoms with Crippen molar-refractivity contribution in [3.63, 3.8) is 0 Å². The molecule has 7 nitrogen and oxygen atoms in total. The summed E-state index contributed by atoms with van der Waals surface area (Å²) in [5.74, 6) is 1.98. The van der Waals surface area contributed by atoms with Gasteiger partial charge in [-0.25, -0.2) is 0 Å². The van der Waals surface area contributed by atoms with Gasteiger partial charge in [0.2, 0.25) is 17.8 Å². The highest BCUT2D eigenvalue weighted by Crippen LogP contribution is 2.27. The number of nitrogens with one attached hydrogen (secondary N) is 1. The molecule has 1 saturated carbocycles. The van der Waals surface area contributed by atoms with E-state index in [1.54, 1.807) is 0 Å². The Morgan fingerprint density at radius 1 is 1.15 bits per heavy atom. The van der Waals surface area contributed by atoms with Crippen LogP contribution in [0.5, 0.6) is 0 Å². The van der Waals surface area contributed by atoms with Crippen molar-refractivity contribution in [2.45, 2.75) is 38.2 Å². The van der Waals surface area contributed by atoms with Crippen molar-refractivity contribution in [1.29, 1.82) is 0 Å². The minimum atomic E-state index is -0.130. The first-order valence-electron chi connectivity index (χ1n) is 7.39. The number of nitrogen functional groups attached to an aromatic ring is 1. The van der Waals surface area contributed by atoms with Crippen LogP contribution >= 0.6 is 0 Å². The van der Waals surface area contributed by atoms with E-state index in [0.29, 0.717) is 17.8 Å². The Morgan fingerprint density at radius 3 is 2.60 bits per heavy atom. The maximum atomic E-state index is 9.28. The number of anilines is 3. The highest BCUT2D eigenvalue weighted by atomic mass is 16.3. The molecule has 0 atom stereocenters. The minimum Gasteiger partial charge on any atom is -0.393 e. The van der Waals surface area contributed by atoms with Crippen LogP contribution in [0.3, 0.4) is 0 Å². The third-order valence-electron chi connectivity index (χ3n) is 4.04. The Balaban J connectivity index is 1.63. The lowest BCUT2D eigenvalue weighted by Gasteiger charge is -2.31. The molecule has 2 fully saturated rings. The van der Waals surface area contributed by atoms with Crippen molar-refractivity contribution in [2.24, 2.45) is 5.92 Å². The number of aliphatic hydroxyl groups excluding tert-OH is 1. The molecule has 0 spiro atoms. The van der Waals surface area contributed by atoms with E-state index in [4.69, 9.17) is 5.73 Å². The van der Waals surface area contributed by atoms with E-state index in [-0.39, 0.29) is 12.1 Å². The third kappa shape index (κ3) is 3.09. The van der Waals surface area contributed by atoms with Crippen molar-refractivity contribution >= 4 is 17.8 Å². The standard InChI is InChI=1S/C13H22N6O/c14-11-16-12(15-8-9-6-10(20)7-9)18-13(17-11)19-4-2-1-3-5-19/h9-10,20H,1-8H2,(H3,14,15,16,17,18). The molecule has 1 aliphatic carbocycles. The van der Waals surface area contributed by atoms with Crippen LogP contribution in [0.1, 0.15) is 32.1 Å². The van der Waals surface area contributed by atoms with Crippen LogP contribution in [0.4, 0.5) is 17.8 Å². The summed E-state index contributed by atoms with van der Waals surface area (Å²) >= 11 is 0. The second kappa shape index (κ2) is 5.78. The fourth-order valence-electron chi connectivity index (χ4n) is 2.80. The van der Waals surface area contributed by atoms with Crippen molar-refractivity contribution in [3.8, 4) is 0 Å². The topological polar surface area (TPSA) is 100 Å². The van der Waals surface area contributed by atoms with Gasteiger partial charge >= 0.3 is 0 Å². The molecule has 0 amide bonds. The summed E-state index contributed by atoms with van der Waals surface area (Å²) in [5.41, 5.74) is 5.77. The lowest BCUT2D eigenvalue weighted by molar-refractivity contribution is 0.0486. The molecule has 0 aromatic carbocycles. The van der Waals surface area contributed by atoms with Gasteiger partial charge < -0.3 is 21.1 Å². The smallest absolute Gasteiger partial charge is 0.231 e. The summed E-state index contributed by atoms with van der Waals surface area (Å²) in [4.78, 5) is 15.0. The number of aromatic nitrogens is 3. The van der Waals surface area contributed by atoms with E-state index in [1.165, 1.54) is 19.3 Å². The van der Waals surface area contributed by atoms with Gasteiger partial charge in [-0.05, 0) is 38.0 Å². The molecular weight excluding hydrogens is 256 g/mol. The second-order valence-corrected chi connectivity index (χ2v) is 5.74.